The van der Waals surface area contributed by atoms with Crippen LogP contribution in [0.3, 0.4) is 0 Å². The number of hydrogen-bond acceptors (Lipinski definition) is 32. The van der Waals surface area contributed by atoms with E-state index in [1.165, 1.54) is 6.92 Å². The summed E-state index contributed by atoms with van der Waals surface area (Å²) in [5.74, 6) is -1.35. The molecule has 1 unspecified atom stereocenters. The molecule has 32 heteroatoms. The van der Waals surface area contributed by atoms with Crippen LogP contribution >= 0.6 is 0 Å². The average Bonchev–Trinajstić information content (AvgIpc) is 1.41. The highest BCUT2D eigenvalue weighted by Gasteiger charge is 2.70. The van der Waals surface area contributed by atoms with E-state index in [0.717, 1.165) is 0 Å². The van der Waals surface area contributed by atoms with Crippen LogP contribution < -0.4 is 0 Å². The lowest BCUT2D eigenvalue weighted by atomic mass is 9.41. The van der Waals surface area contributed by atoms with E-state index in [-0.39, 0.29) is 12.3 Å². The lowest BCUT2D eigenvalue weighted by Crippen LogP contribution is -2.68. The van der Waals surface area contributed by atoms with Gasteiger partial charge in [-0.2, -0.15) is 0 Å². The van der Waals surface area contributed by atoms with E-state index in [0.29, 0.717) is 56.9 Å². The Kier molecular flexibility index (Phi) is 20.9. The summed E-state index contributed by atoms with van der Waals surface area (Å²) in [4.78, 5) is 15.4. The van der Waals surface area contributed by atoms with Crippen molar-refractivity contribution in [3.63, 3.8) is 0 Å². The van der Waals surface area contributed by atoms with E-state index < -0.39 is 251 Å². The molecule has 6 aliphatic heterocycles. The molecule has 506 valence electrons. The third kappa shape index (κ3) is 12.0. The molecule has 4 saturated carbocycles. The van der Waals surface area contributed by atoms with Gasteiger partial charge in [-0.3, -0.25) is 4.79 Å². The molecule has 10 rings (SSSR count). The van der Waals surface area contributed by atoms with Gasteiger partial charge in [0.15, 0.2) is 37.6 Å². The first-order valence-electron chi connectivity index (χ1n) is 30.3. The van der Waals surface area contributed by atoms with Crippen LogP contribution in [0.1, 0.15) is 78.6 Å². The van der Waals surface area contributed by atoms with Crippen LogP contribution in [0.2, 0.25) is 0 Å². The molecule has 10 fully saturated rings. The summed E-state index contributed by atoms with van der Waals surface area (Å²) >= 11 is 0. The molecule has 4 aliphatic carbocycles. The van der Waals surface area contributed by atoms with Gasteiger partial charge >= 0.3 is 5.97 Å². The largest absolute Gasteiger partial charge is 0.432 e. The zero-order chi connectivity index (χ0) is 64.0. The Balaban J connectivity index is 0.919. The van der Waals surface area contributed by atoms with Crippen molar-refractivity contribution in [1.29, 1.82) is 0 Å². The molecular formula is C56H90O32. The summed E-state index contributed by atoms with van der Waals surface area (Å²) in [6.07, 6.45) is -50.1. The molecule has 32 nitrogen and oxygen atoms in total. The maximum atomic E-state index is 15.4. The molecule has 2 bridgehead atoms. The van der Waals surface area contributed by atoms with Crippen LogP contribution in [0.15, 0.2) is 12.2 Å². The van der Waals surface area contributed by atoms with Crippen molar-refractivity contribution in [2.75, 3.05) is 33.0 Å². The maximum Gasteiger partial charge on any atom is 0.314 e. The molecule has 1 spiro atoms. The van der Waals surface area contributed by atoms with Gasteiger partial charge < -0.3 is 154 Å². The van der Waals surface area contributed by atoms with Crippen LogP contribution in [0, 0.1) is 28.1 Å². The molecule has 0 aromatic carbocycles. The average molecular weight is 1280 g/mol. The van der Waals surface area contributed by atoms with Crippen molar-refractivity contribution in [3.05, 3.63) is 12.2 Å². The minimum absolute atomic E-state index is 0.133. The summed E-state index contributed by atoms with van der Waals surface area (Å²) < 4.78 is 73.2. The molecule has 0 aromatic heterocycles. The predicted octanol–water partition coefficient (Wildman–Crippen LogP) is -8.44. The second-order valence-electron chi connectivity index (χ2n) is 26.4. The Bertz CT molecular complexity index is 2380. The van der Waals surface area contributed by atoms with E-state index in [1.54, 1.807) is 6.92 Å². The zero-order valence-electron chi connectivity index (χ0n) is 48.9. The summed E-state index contributed by atoms with van der Waals surface area (Å²) in [5, 5.41) is 205. The summed E-state index contributed by atoms with van der Waals surface area (Å²) in [5.41, 5.74) is -3.13. The number of carbonyl (C=O) groups is 1. The van der Waals surface area contributed by atoms with Crippen LogP contribution in [0.5, 0.6) is 0 Å². The van der Waals surface area contributed by atoms with E-state index >= 15 is 4.79 Å². The molecular weight excluding hydrogens is 1180 g/mol. The van der Waals surface area contributed by atoms with E-state index in [9.17, 15) is 97.0 Å². The number of ether oxygens (including phenoxy) is 12. The first-order chi connectivity index (χ1) is 41.6. The fraction of sp³-hybridized carbons (Fsp3) is 0.946. The van der Waals surface area contributed by atoms with Crippen molar-refractivity contribution >= 4 is 5.97 Å². The first kappa shape index (κ1) is 68.9. The molecule has 6 saturated heterocycles. The lowest BCUT2D eigenvalue weighted by Gasteiger charge is -2.64. The molecule has 0 radical (unpaired) electrons. The fourth-order valence-corrected chi connectivity index (χ4v) is 16.4. The predicted molar refractivity (Wildman–Crippen MR) is 283 cm³/mol. The standard InChI is InChI=1S/C56H90O32/c1-19-12-55-10-6-26-53(3,8-5-9-54(26,4)52(76)87-50-44(85-46-38(72)34(68)28(62)20(2)77-46)42(32(66)24(16-60)81-50)83-47-39(73)35(69)29(63)21(13-57)78-47)27(55)7-11-56(19,18-55)88-51-45(86-49-41(75)37(71)31(65)23(15-59)80-49)43(33(67)25(17-61)82-51)84-48-40(74)36(70)30(64)22(14-58)79-48/h20-51,57-75H,1,5-18H2,2-4H3/t20-,21-,22-,23-,24-,25-,26+,27?,28-,29-,30-,31-,32-,33-,34+,35+,36+,37+,38+,39-,40-,41-,42+,43+,44-,45-,46-,47+,48+,49+,50+,51-,53-,54-,55-,56-/m1/s1. The van der Waals surface area contributed by atoms with Crippen molar-refractivity contribution in [2.24, 2.45) is 28.1 Å². The number of fused-ring (bicyclic) bond motifs is 3. The number of esters is 1. The van der Waals surface area contributed by atoms with Crippen LogP contribution in [0.25, 0.3) is 0 Å². The van der Waals surface area contributed by atoms with Gasteiger partial charge in [0.1, 0.15) is 134 Å². The summed E-state index contributed by atoms with van der Waals surface area (Å²) in [7, 11) is 0. The Hall–Kier alpha value is -1.99. The van der Waals surface area contributed by atoms with Gasteiger partial charge in [-0.15, -0.1) is 0 Å². The lowest BCUT2D eigenvalue weighted by molar-refractivity contribution is -0.400. The normalized spacial score (nSPS) is 55.0. The topological polar surface area (TPSA) is 512 Å². The molecule has 36 atom stereocenters. The highest BCUT2D eigenvalue weighted by atomic mass is 16.8. The van der Waals surface area contributed by atoms with Crippen molar-refractivity contribution < 1.29 is 159 Å². The smallest absolute Gasteiger partial charge is 0.314 e. The SMILES string of the molecule is C=C1C[C@@]23CC[C@@H]4[C@](C)(C(=O)O[C@@H]5O[C@H](CO)[C@@H](O)[C@H](O[C@@H]6O[C@H](CO)[C@@H](O)[C@H](O)[C@H]6O)[C@H]5O[C@H]5O[C@H](C)[C@@H](O)[C@H](O)[C@@H]5O)CCC[C@@]4(C)C2CC[C@@]1(O[C@H]1O[C@H](CO)[C@@H](O)[C@H](O[C@@H]2O[C@H](CO)[C@@H](O)[C@H](O)[C@H]2O)[C@H]1O[C@@H]1O[C@H](CO)[C@@H](O)[C@H](O)[C@H]1O)C3. The number of hydrogen-bond donors (Lipinski definition) is 19. The second-order valence-corrected chi connectivity index (χ2v) is 26.4. The molecule has 88 heavy (non-hydrogen) atoms. The first-order valence-corrected chi connectivity index (χ1v) is 30.3. The molecule has 6 heterocycles. The van der Waals surface area contributed by atoms with Gasteiger partial charge in [0, 0.05) is 0 Å². The maximum absolute atomic E-state index is 15.4. The van der Waals surface area contributed by atoms with Crippen molar-refractivity contribution in [2.45, 2.75) is 268 Å². The Morgan fingerprint density at radius 3 is 1.31 bits per heavy atom. The minimum atomic E-state index is -2.03. The second kappa shape index (κ2) is 26.7. The Labute approximate surface area is 505 Å². The van der Waals surface area contributed by atoms with Gasteiger partial charge in [0.25, 0.3) is 0 Å². The van der Waals surface area contributed by atoms with E-state index in [4.69, 9.17) is 56.8 Å². The minimum Gasteiger partial charge on any atom is -0.432 e. The monoisotopic (exact) mass is 1270 g/mol. The van der Waals surface area contributed by atoms with Gasteiger partial charge in [-0.1, -0.05) is 19.9 Å². The molecule has 0 amide bonds. The van der Waals surface area contributed by atoms with Crippen molar-refractivity contribution in [3.8, 4) is 0 Å². The number of aliphatic hydroxyl groups excluding tert-OH is 19. The van der Waals surface area contributed by atoms with E-state index in [1.807, 2.05) is 0 Å². The van der Waals surface area contributed by atoms with Gasteiger partial charge in [-0.25, -0.2) is 0 Å². The Morgan fingerprint density at radius 2 is 0.841 bits per heavy atom. The molecule has 0 aromatic rings. The quantitative estimate of drug-likeness (QED) is 0.0365. The van der Waals surface area contributed by atoms with Gasteiger partial charge in [0.2, 0.25) is 6.29 Å². The third-order valence-electron chi connectivity index (χ3n) is 21.3. The van der Waals surface area contributed by atoms with E-state index in [2.05, 4.69) is 13.5 Å². The number of aliphatic hydroxyl groups is 19. The summed E-state index contributed by atoms with van der Waals surface area (Å²) in [6.45, 7) is 5.42. The zero-order valence-corrected chi connectivity index (χ0v) is 48.9. The van der Waals surface area contributed by atoms with Crippen LogP contribution in [0.4, 0.5) is 0 Å². The highest BCUT2D eigenvalue weighted by molar-refractivity contribution is 5.77. The molecule has 10 aliphatic rings. The van der Waals surface area contributed by atoms with Crippen LogP contribution in [-0.2, 0) is 61.6 Å². The highest BCUT2D eigenvalue weighted by Crippen LogP contribution is 2.74. The number of rotatable bonds is 17. The third-order valence-corrected chi connectivity index (χ3v) is 21.3. The molecule has 19 N–H and O–H groups in total. The summed E-state index contributed by atoms with van der Waals surface area (Å²) in [6, 6.07) is 0. The van der Waals surface area contributed by atoms with Gasteiger partial charge in [-0.05, 0) is 93.5 Å². The van der Waals surface area contributed by atoms with Crippen molar-refractivity contribution in [1.82, 2.24) is 0 Å². The van der Waals surface area contributed by atoms with Gasteiger partial charge in [0.05, 0.1) is 50.2 Å². The number of carbonyl (C=O) groups excluding carboxylic acids is 1. The fourth-order valence-electron chi connectivity index (χ4n) is 16.4. The van der Waals surface area contributed by atoms with Crippen LogP contribution in [-0.4, -0.2) is 326 Å². The Morgan fingerprint density at radius 1 is 0.455 bits per heavy atom.